The number of aryl methyl sites for hydroxylation is 1. The first kappa shape index (κ1) is 16.8. The van der Waals surface area contributed by atoms with Gasteiger partial charge in [0.15, 0.2) is 0 Å². The maximum absolute atomic E-state index is 12.6. The number of methoxy groups -OCH3 is 1. The van der Waals surface area contributed by atoms with Crippen molar-refractivity contribution < 1.29 is 14.3 Å². The lowest BCUT2D eigenvalue weighted by atomic mass is 10.1. The zero-order valence-electron chi connectivity index (χ0n) is 14.6. The SMILES string of the molecule is COc1ccc(CC(=O)N2CCCN(C(=O)C3CC3)CC2)cc1C. The van der Waals surface area contributed by atoms with Crippen molar-refractivity contribution in [2.75, 3.05) is 33.3 Å². The van der Waals surface area contributed by atoms with E-state index in [0.717, 1.165) is 49.2 Å². The highest BCUT2D eigenvalue weighted by Gasteiger charge is 2.34. The van der Waals surface area contributed by atoms with Crippen molar-refractivity contribution in [2.24, 2.45) is 5.92 Å². The number of nitrogens with zero attached hydrogens (tertiary/aromatic N) is 2. The van der Waals surface area contributed by atoms with E-state index in [-0.39, 0.29) is 17.7 Å². The molecule has 1 saturated heterocycles. The Morgan fingerprint density at radius 1 is 1.12 bits per heavy atom. The van der Waals surface area contributed by atoms with Crippen LogP contribution in [0.2, 0.25) is 0 Å². The molecule has 1 heterocycles. The van der Waals surface area contributed by atoms with E-state index in [1.165, 1.54) is 0 Å². The van der Waals surface area contributed by atoms with Crippen LogP contribution in [0.4, 0.5) is 0 Å². The molecule has 24 heavy (non-hydrogen) atoms. The van der Waals surface area contributed by atoms with Gasteiger partial charge in [0, 0.05) is 32.1 Å². The topological polar surface area (TPSA) is 49.9 Å². The van der Waals surface area contributed by atoms with Crippen molar-refractivity contribution in [3.05, 3.63) is 29.3 Å². The van der Waals surface area contributed by atoms with Crippen LogP contribution in [0.3, 0.4) is 0 Å². The van der Waals surface area contributed by atoms with Gasteiger partial charge in [0.1, 0.15) is 5.75 Å². The Hall–Kier alpha value is -2.04. The first-order chi connectivity index (χ1) is 11.6. The van der Waals surface area contributed by atoms with Gasteiger partial charge in [-0.3, -0.25) is 9.59 Å². The van der Waals surface area contributed by atoms with Gasteiger partial charge in [-0.05, 0) is 43.4 Å². The standard InChI is InChI=1S/C19H26N2O3/c1-14-12-15(4-7-17(14)24-2)13-18(22)20-8-3-9-21(11-10-20)19(23)16-5-6-16/h4,7,12,16H,3,5-6,8-11,13H2,1-2H3. The monoisotopic (exact) mass is 330 g/mol. The van der Waals surface area contributed by atoms with Gasteiger partial charge in [-0.1, -0.05) is 12.1 Å². The predicted octanol–water partition coefficient (Wildman–Crippen LogP) is 2.02. The summed E-state index contributed by atoms with van der Waals surface area (Å²) in [6.07, 6.45) is 3.34. The zero-order valence-corrected chi connectivity index (χ0v) is 14.6. The summed E-state index contributed by atoms with van der Waals surface area (Å²) in [5, 5.41) is 0. The van der Waals surface area contributed by atoms with Crippen LogP contribution < -0.4 is 4.74 Å². The van der Waals surface area contributed by atoms with Crippen LogP contribution in [0, 0.1) is 12.8 Å². The van der Waals surface area contributed by atoms with Crippen molar-refractivity contribution >= 4 is 11.8 Å². The van der Waals surface area contributed by atoms with E-state index in [0.29, 0.717) is 19.5 Å². The number of carbonyl (C=O) groups is 2. The molecule has 0 unspecified atom stereocenters. The van der Waals surface area contributed by atoms with Gasteiger partial charge in [0.05, 0.1) is 13.5 Å². The normalized spacial score (nSPS) is 18.2. The number of hydrogen-bond donors (Lipinski definition) is 0. The van der Waals surface area contributed by atoms with Crippen LogP contribution in [0.5, 0.6) is 5.75 Å². The van der Waals surface area contributed by atoms with Crippen molar-refractivity contribution in [1.29, 1.82) is 0 Å². The average molecular weight is 330 g/mol. The summed E-state index contributed by atoms with van der Waals surface area (Å²) in [7, 11) is 1.65. The molecule has 2 amide bonds. The molecule has 1 saturated carbocycles. The van der Waals surface area contributed by atoms with Crippen molar-refractivity contribution in [2.45, 2.75) is 32.6 Å². The fourth-order valence-electron chi connectivity index (χ4n) is 3.31. The molecule has 1 aliphatic heterocycles. The van der Waals surface area contributed by atoms with E-state index < -0.39 is 0 Å². The molecule has 0 radical (unpaired) electrons. The molecule has 2 fully saturated rings. The first-order valence-electron chi connectivity index (χ1n) is 8.78. The van der Waals surface area contributed by atoms with Gasteiger partial charge >= 0.3 is 0 Å². The molecule has 3 rings (SSSR count). The summed E-state index contributed by atoms with van der Waals surface area (Å²) < 4.78 is 5.26. The second kappa shape index (κ2) is 7.24. The molecule has 1 aromatic rings. The number of carbonyl (C=O) groups excluding carboxylic acids is 2. The molecule has 0 aromatic heterocycles. The molecule has 0 bridgehead atoms. The lowest BCUT2D eigenvalue weighted by Crippen LogP contribution is -2.38. The minimum Gasteiger partial charge on any atom is -0.496 e. The Kier molecular flexibility index (Phi) is 5.07. The smallest absolute Gasteiger partial charge is 0.227 e. The molecular formula is C19H26N2O3. The lowest BCUT2D eigenvalue weighted by molar-refractivity contribution is -0.134. The van der Waals surface area contributed by atoms with Crippen molar-refractivity contribution in [3.8, 4) is 5.75 Å². The van der Waals surface area contributed by atoms with E-state index in [1.54, 1.807) is 7.11 Å². The predicted molar refractivity (Wildman–Crippen MR) is 91.9 cm³/mol. The maximum Gasteiger partial charge on any atom is 0.227 e. The Bertz CT molecular complexity index is 625. The zero-order chi connectivity index (χ0) is 17.1. The fraction of sp³-hybridized carbons (Fsp3) is 0.579. The average Bonchev–Trinajstić information content (AvgIpc) is 3.41. The molecule has 5 heteroatoms. The van der Waals surface area contributed by atoms with E-state index in [9.17, 15) is 9.59 Å². The molecule has 0 spiro atoms. The summed E-state index contributed by atoms with van der Waals surface area (Å²) in [6.45, 7) is 4.82. The second-order valence-electron chi connectivity index (χ2n) is 6.81. The van der Waals surface area contributed by atoms with Crippen LogP contribution in [-0.2, 0) is 16.0 Å². The number of hydrogen-bond acceptors (Lipinski definition) is 3. The molecular weight excluding hydrogens is 304 g/mol. The van der Waals surface area contributed by atoms with Gasteiger partial charge in [-0.15, -0.1) is 0 Å². The van der Waals surface area contributed by atoms with Crippen molar-refractivity contribution in [3.63, 3.8) is 0 Å². The van der Waals surface area contributed by atoms with Crippen molar-refractivity contribution in [1.82, 2.24) is 9.80 Å². The number of amides is 2. The summed E-state index contributed by atoms with van der Waals surface area (Å²) in [6, 6.07) is 5.87. The second-order valence-corrected chi connectivity index (χ2v) is 6.81. The maximum atomic E-state index is 12.6. The minimum atomic E-state index is 0.139. The van der Waals surface area contributed by atoms with Gasteiger partial charge in [-0.25, -0.2) is 0 Å². The molecule has 130 valence electrons. The number of ether oxygens (including phenoxy) is 1. The number of benzene rings is 1. The molecule has 5 nitrogen and oxygen atoms in total. The quantitative estimate of drug-likeness (QED) is 0.849. The highest BCUT2D eigenvalue weighted by molar-refractivity contribution is 5.81. The fourth-order valence-corrected chi connectivity index (χ4v) is 3.31. The lowest BCUT2D eigenvalue weighted by Gasteiger charge is -2.22. The Labute approximate surface area is 143 Å². The first-order valence-corrected chi connectivity index (χ1v) is 8.78. The Morgan fingerprint density at radius 2 is 1.83 bits per heavy atom. The van der Waals surface area contributed by atoms with Crippen LogP contribution in [0.15, 0.2) is 18.2 Å². The highest BCUT2D eigenvalue weighted by atomic mass is 16.5. The van der Waals surface area contributed by atoms with E-state index in [1.807, 2.05) is 34.9 Å². The molecule has 2 aliphatic rings. The van der Waals surface area contributed by atoms with Gasteiger partial charge < -0.3 is 14.5 Å². The third kappa shape index (κ3) is 3.89. The Morgan fingerprint density at radius 3 is 2.50 bits per heavy atom. The largest absolute Gasteiger partial charge is 0.496 e. The number of rotatable bonds is 4. The minimum absolute atomic E-state index is 0.139. The van der Waals surface area contributed by atoms with E-state index in [4.69, 9.17) is 4.74 Å². The van der Waals surface area contributed by atoms with Crippen LogP contribution in [0.25, 0.3) is 0 Å². The molecule has 1 aromatic carbocycles. The molecule has 0 atom stereocenters. The van der Waals surface area contributed by atoms with Gasteiger partial charge in [-0.2, -0.15) is 0 Å². The van der Waals surface area contributed by atoms with Gasteiger partial charge in [0.2, 0.25) is 11.8 Å². The summed E-state index contributed by atoms with van der Waals surface area (Å²) in [5.74, 6) is 1.53. The van der Waals surface area contributed by atoms with Crippen LogP contribution in [0.1, 0.15) is 30.4 Å². The van der Waals surface area contributed by atoms with Gasteiger partial charge in [0.25, 0.3) is 0 Å². The third-order valence-corrected chi connectivity index (χ3v) is 4.90. The Balaban J connectivity index is 1.56. The summed E-state index contributed by atoms with van der Waals surface area (Å²) in [4.78, 5) is 28.6. The summed E-state index contributed by atoms with van der Waals surface area (Å²) >= 11 is 0. The highest BCUT2D eigenvalue weighted by Crippen LogP contribution is 2.31. The molecule has 1 aliphatic carbocycles. The summed E-state index contributed by atoms with van der Waals surface area (Å²) in [5.41, 5.74) is 2.05. The van der Waals surface area contributed by atoms with E-state index in [2.05, 4.69) is 0 Å². The van der Waals surface area contributed by atoms with E-state index >= 15 is 0 Å². The van der Waals surface area contributed by atoms with Crippen LogP contribution in [-0.4, -0.2) is 54.9 Å². The molecule has 0 N–H and O–H groups in total. The third-order valence-electron chi connectivity index (χ3n) is 4.90. The van der Waals surface area contributed by atoms with Crippen LogP contribution >= 0.6 is 0 Å².